The van der Waals surface area contributed by atoms with Gasteiger partial charge in [0.15, 0.2) is 0 Å². The fourth-order valence-electron chi connectivity index (χ4n) is 3.35. The van der Waals surface area contributed by atoms with E-state index in [2.05, 4.69) is 15.1 Å². The molecule has 1 amide bonds. The Morgan fingerprint density at radius 2 is 1.90 bits per heavy atom. The highest BCUT2D eigenvalue weighted by atomic mass is 16.2. The molecule has 2 fully saturated rings. The van der Waals surface area contributed by atoms with E-state index in [1.807, 2.05) is 4.90 Å². The number of carbonyl (C=O) groups excluding carboxylic acids is 1. The van der Waals surface area contributed by atoms with Gasteiger partial charge in [-0.3, -0.25) is 9.89 Å². The van der Waals surface area contributed by atoms with Crippen LogP contribution >= 0.6 is 0 Å². The van der Waals surface area contributed by atoms with Gasteiger partial charge >= 0.3 is 0 Å². The molecule has 2 aliphatic rings. The number of carbonyl (C=O) groups is 1. The summed E-state index contributed by atoms with van der Waals surface area (Å²) in [5.41, 5.74) is 6.22. The molecule has 3 N–H and O–H groups in total. The molecule has 20 heavy (non-hydrogen) atoms. The number of rotatable bonds is 2. The molecule has 6 nitrogen and oxygen atoms in total. The highest BCUT2D eigenvalue weighted by molar-refractivity contribution is 5.98. The average Bonchev–Trinajstić information content (AvgIpc) is 2.94. The lowest BCUT2D eigenvalue weighted by atomic mass is 9.99. The summed E-state index contributed by atoms with van der Waals surface area (Å²) in [5.74, 6) is 0.376. The molecule has 0 bridgehead atoms. The molecule has 2 aliphatic heterocycles. The minimum absolute atomic E-state index is 0.00773. The van der Waals surface area contributed by atoms with Crippen LogP contribution in [0.4, 0.5) is 5.82 Å². The van der Waals surface area contributed by atoms with Crippen LogP contribution in [0.1, 0.15) is 42.5 Å². The maximum Gasteiger partial charge on any atom is 0.259 e. The Balaban J connectivity index is 1.55. The van der Waals surface area contributed by atoms with E-state index in [9.17, 15) is 4.79 Å². The number of amides is 1. The van der Waals surface area contributed by atoms with Crippen LogP contribution in [-0.2, 0) is 0 Å². The minimum atomic E-state index is 0.00773. The number of likely N-dealkylation sites (tertiary alicyclic amines) is 2. The summed E-state index contributed by atoms with van der Waals surface area (Å²) in [6.45, 7) is 4.11. The third kappa shape index (κ3) is 2.65. The summed E-state index contributed by atoms with van der Waals surface area (Å²) in [6.07, 6.45) is 7.68. The van der Waals surface area contributed by atoms with E-state index in [-0.39, 0.29) is 5.91 Å². The molecule has 0 aliphatic carbocycles. The van der Waals surface area contributed by atoms with Crippen molar-refractivity contribution in [2.45, 2.75) is 38.1 Å². The molecule has 0 radical (unpaired) electrons. The fourth-order valence-corrected chi connectivity index (χ4v) is 3.35. The van der Waals surface area contributed by atoms with Crippen molar-refractivity contribution >= 4 is 11.7 Å². The van der Waals surface area contributed by atoms with Crippen molar-refractivity contribution in [3.63, 3.8) is 0 Å². The summed E-state index contributed by atoms with van der Waals surface area (Å²) in [4.78, 5) is 16.9. The third-order valence-corrected chi connectivity index (χ3v) is 4.56. The van der Waals surface area contributed by atoms with Gasteiger partial charge in [0.05, 0.1) is 6.20 Å². The first-order valence-electron chi connectivity index (χ1n) is 7.58. The van der Waals surface area contributed by atoms with Crippen LogP contribution < -0.4 is 5.73 Å². The van der Waals surface area contributed by atoms with Crippen molar-refractivity contribution in [3.8, 4) is 0 Å². The standard InChI is InChI=1S/C14H23N5O/c15-13-12(10-16-17-13)14(20)19-8-4-11(5-9-19)18-6-2-1-3-7-18/h10-11H,1-9H2,(H3,15,16,17). The molecule has 2 saturated heterocycles. The average molecular weight is 277 g/mol. The van der Waals surface area contributed by atoms with Gasteiger partial charge in [-0.05, 0) is 38.8 Å². The van der Waals surface area contributed by atoms with Crippen LogP contribution in [0, 0.1) is 0 Å². The Bertz CT molecular complexity index is 458. The molecule has 1 aromatic rings. The Labute approximate surface area is 119 Å². The number of aromatic nitrogens is 2. The third-order valence-electron chi connectivity index (χ3n) is 4.56. The summed E-state index contributed by atoms with van der Waals surface area (Å²) in [6, 6.07) is 0.654. The Morgan fingerprint density at radius 1 is 1.20 bits per heavy atom. The topological polar surface area (TPSA) is 78.2 Å². The van der Waals surface area contributed by atoms with Gasteiger partial charge in [0.2, 0.25) is 0 Å². The van der Waals surface area contributed by atoms with E-state index in [1.54, 1.807) is 0 Å². The number of hydrogen-bond acceptors (Lipinski definition) is 4. The predicted molar refractivity (Wildman–Crippen MR) is 77.3 cm³/mol. The van der Waals surface area contributed by atoms with E-state index in [1.165, 1.54) is 38.5 Å². The highest BCUT2D eigenvalue weighted by Gasteiger charge is 2.28. The zero-order chi connectivity index (χ0) is 13.9. The molecular weight excluding hydrogens is 254 g/mol. The summed E-state index contributed by atoms with van der Waals surface area (Å²) < 4.78 is 0. The molecule has 3 rings (SSSR count). The van der Waals surface area contributed by atoms with Crippen LogP contribution in [-0.4, -0.2) is 58.1 Å². The Morgan fingerprint density at radius 3 is 2.50 bits per heavy atom. The number of nitrogen functional groups attached to an aromatic ring is 1. The second-order valence-electron chi connectivity index (χ2n) is 5.82. The van der Waals surface area contributed by atoms with Gasteiger partial charge in [-0.25, -0.2) is 0 Å². The lowest BCUT2D eigenvalue weighted by molar-refractivity contribution is 0.0591. The van der Waals surface area contributed by atoms with Crippen LogP contribution in [0.3, 0.4) is 0 Å². The maximum atomic E-state index is 12.3. The summed E-state index contributed by atoms with van der Waals surface area (Å²) in [7, 11) is 0. The molecule has 0 unspecified atom stereocenters. The molecule has 3 heterocycles. The number of hydrogen-bond donors (Lipinski definition) is 2. The molecule has 110 valence electrons. The second kappa shape index (κ2) is 5.83. The van der Waals surface area contributed by atoms with Gasteiger partial charge in [-0.2, -0.15) is 5.10 Å². The molecule has 0 spiro atoms. The number of nitrogens with two attached hydrogens (primary N) is 1. The first-order valence-corrected chi connectivity index (χ1v) is 7.58. The first kappa shape index (κ1) is 13.4. The quantitative estimate of drug-likeness (QED) is 0.848. The molecule has 1 aromatic heterocycles. The van der Waals surface area contributed by atoms with Crippen molar-refractivity contribution in [1.29, 1.82) is 0 Å². The molecule has 0 aromatic carbocycles. The number of anilines is 1. The van der Waals surface area contributed by atoms with E-state index >= 15 is 0 Å². The predicted octanol–water partition coefficient (Wildman–Crippen LogP) is 1.08. The maximum absolute atomic E-state index is 12.3. The van der Waals surface area contributed by atoms with Crippen LogP contribution in [0.2, 0.25) is 0 Å². The molecular formula is C14H23N5O. The second-order valence-corrected chi connectivity index (χ2v) is 5.82. The Hall–Kier alpha value is -1.56. The molecule has 0 saturated carbocycles. The lowest BCUT2D eigenvalue weighted by Gasteiger charge is -2.40. The van der Waals surface area contributed by atoms with E-state index in [0.717, 1.165) is 25.9 Å². The van der Waals surface area contributed by atoms with Crippen molar-refractivity contribution in [1.82, 2.24) is 20.0 Å². The van der Waals surface area contributed by atoms with Crippen LogP contribution in [0.25, 0.3) is 0 Å². The number of aromatic amines is 1. The monoisotopic (exact) mass is 277 g/mol. The van der Waals surface area contributed by atoms with Gasteiger partial charge in [-0.15, -0.1) is 0 Å². The van der Waals surface area contributed by atoms with Gasteiger partial charge in [0.1, 0.15) is 11.4 Å². The van der Waals surface area contributed by atoms with Crippen molar-refractivity contribution < 1.29 is 4.79 Å². The normalized spacial score (nSPS) is 22.1. The number of nitrogens with one attached hydrogen (secondary N) is 1. The Kier molecular flexibility index (Phi) is 3.91. The zero-order valence-corrected chi connectivity index (χ0v) is 11.8. The van der Waals surface area contributed by atoms with Gasteiger partial charge in [0, 0.05) is 19.1 Å². The fraction of sp³-hybridized carbons (Fsp3) is 0.714. The van der Waals surface area contributed by atoms with E-state index in [4.69, 9.17) is 5.73 Å². The smallest absolute Gasteiger partial charge is 0.259 e. The van der Waals surface area contributed by atoms with Crippen LogP contribution in [0.15, 0.2) is 6.20 Å². The zero-order valence-electron chi connectivity index (χ0n) is 11.8. The van der Waals surface area contributed by atoms with Gasteiger partial charge in [0.25, 0.3) is 5.91 Å². The van der Waals surface area contributed by atoms with Crippen molar-refractivity contribution in [2.24, 2.45) is 0 Å². The number of H-pyrrole nitrogens is 1. The summed E-state index contributed by atoms with van der Waals surface area (Å²) in [5, 5.41) is 6.44. The number of piperidine rings is 2. The lowest BCUT2D eigenvalue weighted by Crippen LogP contribution is -2.48. The van der Waals surface area contributed by atoms with Gasteiger partial charge < -0.3 is 15.5 Å². The largest absolute Gasteiger partial charge is 0.383 e. The SMILES string of the molecule is Nc1[nH]ncc1C(=O)N1CCC(N2CCCCC2)CC1. The highest BCUT2D eigenvalue weighted by Crippen LogP contribution is 2.22. The molecule has 6 heteroatoms. The summed E-state index contributed by atoms with van der Waals surface area (Å²) >= 11 is 0. The van der Waals surface area contributed by atoms with Gasteiger partial charge in [-0.1, -0.05) is 6.42 Å². The molecule has 0 atom stereocenters. The minimum Gasteiger partial charge on any atom is -0.383 e. The van der Waals surface area contributed by atoms with E-state index in [0.29, 0.717) is 17.4 Å². The first-order chi connectivity index (χ1) is 9.75. The number of nitrogens with zero attached hydrogens (tertiary/aromatic N) is 3. The van der Waals surface area contributed by atoms with Crippen molar-refractivity contribution in [3.05, 3.63) is 11.8 Å². The van der Waals surface area contributed by atoms with E-state index < -0.39 is 0 Å². The van der Waals surface area contributed by atoms with Crippen LogP contribution in [0.5, 0.6) is 0 Å². The van der Waals surface area contributed by atoms with Crippen molar-refractivity contribution in [2.75, 3.05) is 31.9 Å².